The van der Waals surface area contributed by atoms with Crippen LogP contribution in [0.3, 0.4) is 0 Å². The molecule has 0 unspecified atom stereocenters. The smallest absolute Gasteiger partial charge is 0.188 e. The van der Waals surface area contributed by atoms with E-state index in [1.54, 1.807) is 30.1 Å². The molecular weight excluding hydrogens is 181 g/mol. The second-order valence-corrected chi connectivity index (χ2v) is 2.69. The summed E-state index contributed by atoms with van der Waals surface area (Å²) in [5.41, 5.74) is 5.06. The van der Waals surface area contributed by atoms with E-state index >= 15 is 0 Å². The van der Waals surface area contributed by atoms with Crippen molar-refractivity contribution in [3.63, 3.8) is 0 Å². The van der Waals surface area contributed by atoms with Crippen LogP contribution >= 0.6 is 0 Å². The Morgan fingerprint density at radius 2 is 1.93 bits per heavy atom. The fourth-order valence-electron chi connectivity index (χ4n) is 0.585. The molecule has 0 aliphatic rings. The maximum absolute atomic E-state index is 11.9. The molecule has 0 heterocycles. The zero-order valence-electron chi connectivity index (χ0n) is 8.50. The number of guanidine groups is 1. The fraction of sp³-hybridized carbons (Fsp3) is 0.300. The summed E-state index contributed by atoms with van der Waals surface area (Å²) in [7, 11) is 1.78. The third-order valence-corrected chi connectivity index (χ3v) is 1.62. The van der Waals surface area contributed by atoms with E-state index in [-0.39, 0.29) is 11.8 Å². The van der Waals surface area contributed by atoms with Crippen LogP contribution in [0.1, 0.15) is 6.92 Å². The van der Waals surface area contributed by atoms with Crippen LogP contribution in [-0.4, -0.2) is 24.5 Å². The Hall–Kier alpha value is -1.58. The van der Waals surface area contributed by atoms with E-state index < -0.39 is 0 Å². The van der Waals surface area contributed by atoms with Gasteiger partial charge in [0.25, 0.3) is 0 Å². The van der Waals surface area contributed by atoms with Gasteiger partial charge in [0.2, 0.25) is 0 Å². The van der Waals surface area contributed by atoms with Crippen molar-refractivity contribution in [2.24, 2.45) is 5.73 Å². The standard InChI is InChI=1S/C6H5F.C4H11N3/c7-6-4-2-1-3-5-6;1-3-7(2)4(5)6/h1-5H;3H2,1-2H3,(H3,5,6). The molecule has 3 nitrogen and oxygen atoms in total. The van der Waals surface area contributed by atoms with Crippen molar-refractivity contribution in [2.75, 3.05) is 13.6 Å². The maximum atomic E-state index is 11.9. The molecular formula is C10H16FN3. The lowest BCUT2D eigenvalue weighted by Gasteiger charge is -2.11. The Kier molecular flexibility index (Phi) is 6.11. The van der Waals surface area contributed by atoms with Crippen LogP contribution in [0.2, 0.25) is 0 Å². The lowest BCUT2D eigenvalue weighted by Crippen LogP contribution is -2.32. The number of hydrogen-bond donors (Lipinski definition) is 2. The molecule has 14 heavy (non-hydrogen) atoms. The molecule has 4 heteroatoms. The first kappa shape index (κ1) is 12.4. The highest BCUT2D eigenvalue weighted by molar-refractivity contribution is 5.74. The van der Waals surface area contributed by atoms with E-state index in [2.05, 4.69) is 0 Å². The molecule has 0 spiro atoms. The van der Waals surface area contributed by atoms with Gasteiger partial charge in [-0.3, -0.25) is 5.41 Å². The second-order valence-electron chi connectivity index (χ2n) is 2.69. The van der Waals surface area contributed by atoms with Crippen molar-refractivity contribution in [2.45, 2.75) is 6.92 Å². The van der Waals surface area contributed by atoms with Gasteiger partial charge in [-0.2, -0.15) is 0 Å². The number of nitrogens with zero attached hydrogens (tertiary/aromatic N) is 1. The molecule has 0 atom stereocenters. The molecule has 0 saturated carbocycles. The topological polar surface area (TPSA) is 53.1 Å². The third kappa shape index (κ3) is 5.99. The van der Waals surface area contributed by atoms with Gasteiger partial charge in [0, 0.05) is 13.6 Å². The van der Waals surface area contributed by atoms with Crippen molar-refractivity contribution in [3.05, 3.63) is 36.1 Å². The highest BCUT2D eigenvalue weighted by Gasteiger charge is 1.89. The van der Waals surface area contributed by atoms with Crippen LogP contribution in [0.15, 0.2) is 30.3 Å². The fourth-order valence-corrected chi connectivity index (χ4v) is 0.585. The molecule has 3 N–H and O–H groups in total. The van der Waals surface area contributed by atoms with Gasteiger partial charge < -0.3 is 10.6 Å². The van der Waals surface area contributed by atoms with E-state index in [0.717, 1.165) is 6.54 Å². The molecule has 0 amide bonds. The summed E-state index contributed by atoms with van der Waals surface area (Å²) in [6.45, 7) is 2.75. The van der Waals surface area contributed by atoms with Gasteiger partial charge in [-0.25, -0.2) is 4.39 Å². The van der Waals surface area contributed by atoms with E-state index in [1.807, 2.05) is 6.92 Å². The summed E-state index contributed by atoms with van der Waals surface area (Å²) in [4.78, 5) is 1.65. The molecule has 0 radical (unpaired) electrons. The SMILES string of the molecule is CCN(C)C(=N)N.Fc1ccccc1. The monoisotopic (exact) mass is 197 g/mol. The molecule has 0 aliphatic heterocycles. The minimum absolute atomic E-state index is 0.127. The summed E-state index contributed by atoms with van der Waals surface area (Å²) in [5.74, 6) is -0.0509. The first-order chi connectivity index (χ1) is 6.57. The molecule has 0 saturated heterocycles. The number of nitrogens with one attached hydrogen (secondary N) is 1. The first-order valence-electron chi connectivity index (χ1n) is 4.33. The maximum Gasteiger partial charge on any atom is 0.188 e. The average molecular weight is 197 g/mol. The molecule has 0 aliphatic carbocycles. The number of halogens is 1. The zero-order chi connectivity index (χ0) is 11.0. The van der Waals surface area contributed by atoms with Gasteiger partial charge in [-0.15, -0.1) is 0 Å². The quantitative estimate of drug-likeness (QED) is 0.531. The highest BCUT2D eigenvalue weighted by atomic mass is 19.1. The van der Waals surface area contributed by atoms with Crippen LogP contribution in [0, 0.1) is 11.2 Å². The summed E-state index contributed by atoms with van der Waals surface area (Å²) in [6, 6.07) is 7.94. The van der Waals surface area contributed by atoms with Crippen molar-refractivity contribution in [3.8, 4) is 0 Å². The average Bonchev–Trinajstić information content (AvgIpc) is 2.18. The molecule has 0 fully saturated rings. The summed E-state index contributed by atoms with van der Waals surface area (Å²) in [5, 5.41) is 6.80. The van der Waals surface area contributed by atoms with Crippen LogP contribution < -0.4 is 5.73 Å². The van der Waals surface area contributed by atoms with E-state index in [0.29, 0.717) is 0 Å². The van der Waals surface area contributed by atoms with E-state index in [4.69, 9.17) is 11.1 Å². The van der Waals surface area contributed by atoms with E-state index in [1.165, 1.54) is 12.1 Å². The van der Waals surface area contributed by atoms with Crippen molar-refractivity contribution in [1.29, 1.82) is 5.41 Å². The summed E-state index contributed by atoms with van der Waals surface area (Å²) >= 11 is 0. The van der Waals surface area contributed by atoms with E-state index in [9.17, 15) is 4.39 Å². The largest absolute Gasteiger partial charge is 0.370 e. The summed E-state index contributed by atoms with van der Waals surface area (Å²) < 4.78 is 11.9. The number of benzene rings is 1. The number of hydrogen-bond acceptors (Lipinski definition) is 1. The number of rotatable bonds is 1. The van der Waals surface area contributed by atoms with Gasteiger partial charge in [-0.05, 0) is 19.1 Å². The molecule has 0 bridgehead atoms. The normalized spacial score (nSPS) is 8.50. The van der Waals surface area contributed by atoms with Crippen molar-refractivity contribution in [1.82, 2.24) is 4.90 Å². The highest BCUT2D eigenvalue weighted by Crippen LogP contribution is 1.91. The lowest BCUT2D eigenvalue weighted by atomic mass is 10.4. The van der Waals surface area contributed by atoms with Gasteiger partial charge in [-0.1, -0.05) is 18.2 Å². The van der Waals surface area contributed by atoms with Gasteiger partial charge in [0.05, 0.1) is 0 Å². The predicted octanol–water partition coefficient (Wildman–Crippen LogP) is 1.66. The molecule has 78 valence electrons. The molecule has 1 rings (SSSR count). The Labute approximate surface area is 83.8 Å². The van der Waals surface area contributed by atoms with Gasteiger partial charge in [0.15, 0.2) is 5.96 Å². The van der Waals surface area contributed by atoms with Crippen LogP contribution in [0.25, 0.3) is 0 Å². The van der Waals surface area contributed by atoms with Crippen molar-refractivity contribution < 1.29 is 4.39 Å². The lowest BCUT2D eigenvalue weighted by molar-refractivity contribution is 0.525. The molecule has 0 aromatic heterocycles. The van der Waals surface area contributed by atoms with Crippen LogP contribution in [0.5, 0.6) is 0 Å². The van der Waals surface area contributed by atoms with Gasteiger partial charge >= 0.3 is 0 Å². The Morgan fingerprint density at radius 3 is 2.07 bits per heavy atom. The zero-order valence-corrected chi connectivity index (χ0v) is 8.50. The van der Waals surface area contributed by atoms with Crippen LogP contribution in [-0.2, 0) is 0 Å². The second kappa shape index (κ2) is 6.88. The Bertz CT molecular complexity index is 261. The third-order valence-electron chi connectivity index (χ3n) is 1.62. The minimum atomic E-state index is -0.178. The Morgan fingerprint density at radius 1 is 1.43 bits per heavy atom. The number of nitrogens with two attached hydrogens (primary N) is 1. The van der Waals surface area contributed by atoms with Crippen molar-refractivity contribution >= 4 is 5.96 Å². The minimum Gasteiger partial charge on any atom is -0.370 e. The first-order valence-corrected chi connectivity index (χ1v) is 4.33. The van der Waals surface area contributed by atoms with Crippen LogP contribution in [0.4, 0.5) is 4.39 Å². The van der Waals surface area contributed by atoms with Gasteiger partial charge in [0.1, 0.15) is 5.82 Å². The predicted molar refractivity (Wildman–Crippen MR) is 56.6 cm³/mol. The Balaban J connectivity index is 0.000000241. The summed E-state index contributed by atoms with van der Waals surface area (Å²) in [6.07, 6.45) is 0. The molecule has 1 aromatic rings. The molecule has 1 aromatic carbocycles.